The molecule has 0 bridgehead atoms. The molecule has 2 heterocycles. The maximum absolute atomic E-state index is 12.9. The van der Waals surface area contributed by atoms with Gasteiger partial charge in [-0.3, -0.25) is 9.69 Å². The molecule has 0 atom stereocenters. The van der Waals surface area contributed by atoms with Gasteiger partial charge in [0.05, 0.1) is 18.9 Å². The largest absolute Gasteiger partial charge is 0.379 e. The molecule has 7 heteroatoms. The minimum absolute atomic E-state index is 0.209. The second-order valence-corrected chi connectivity index (χ2v) is 5.33. The molecule has 1 fully saturated rings. The first-order chi connectivity index (χ1) is 11.2. The van der Waals surface area contributed by atoms with E-state index in [2.05, 4.69) is 15.3 Å². The summed E-state index contributed by atoms with van der Waals surface area (Å²) in [7, 11) is 0. The summed E-state index contributed by atoms with van der Waals surface area (Å²) >= 11 is 0. The van der Waals surface area contributed by atoms with Crippen LogP contribution in [0.4, 0.5) is 4.39 Å². The van der Waals surface area contributed by atoms with Crippen molar-refractivity contribution in [2.45, 2.75) is 0 Å². The highest BCUT2D eigenvalue weighted by atomic mass is 19.1. The lowest BCUT2D eigenvalue weighted by Crippen LogP contribution is -2.41. The van der Waals surface area contributed by atoms with E-state index in [-0.39, 0.29) is 11.7 Å². The summed E-state index contributed by atoms with van der Waals surface area (Å²) in [5.41, 5.74) is 1.05. The number of carbonyl (C=O) groups is 1. The maximum Gasteiger partial charge on any atom is 0.271 e. The lowest BCUT2D eigenvalue weighted by molar-refractivity contribution is 0.0383. The quantitative estimate of drug-likeness (QED) is 0.896. The standard InChI is InChI=1S/C16H19FN4O2/c17-13-1-3-14(4-2-13)21-7-5-15(19-21)16(22)18-6-8-20-9-11-23-12-10-20/h1-5,7H,6,8-12H2,(H,18,22). The molecule has 23 heavy (non-hydrogen) atoms. The lowest BCUT2D eigenvalue weighted by Gasteiger charge is -2.26. The number of carbonyl (C=O) groups excluding carboxylic acids is 1. The van der Waals surface area contributed by atoms with E-state index in [4.69, 9.17) is 4.74 Å². The second-order valence-electron chi connectivity index (χ2n) is 5.33. The molecule has 2 aromatic rings. The Hall–Kier alpha value is -2.25. The van der Waals surface area contributed by atoms with Gasteiger partial charge in [0.1, 0.15) is 5.82 Å². The Bertz CT molecular complexity index is 650. The van der Waals surface area contributed by atoms with Gasteiger partial charge < -0.3 is 10.1 Å². The molecule has 1 aliphatic heterocycles. The van der Waals surface area contributed by atoms with E-state index < -0.39 is 0 Å². The average molecular weight is 318 g/mol. The molecule has 3 rings (SSSR count). The third kappa shape index (κ3) is 4.14. The minimum Gasteiger partial charge on any atom is -0.379 e. The van der Waals surface area contributed by atoms with Crippen molar-refractivity contribution >= 4 is 5.91 Å². The maximum atomic E-state index is 12.9. The van der Waals surface area contributed by atoms with Gasteiger partial charge in [-0.05, 0) is 30.3 Å². The zero-order chi connectivity index (χ0) is 16.1. The van der Waals surface area contributed by atoms with Gasteiger partial charge in [-0.2, -0.15) is 5.10 Å². The Morgan fingerprint density at radius 1 is 1.22 bits per heavy atom. The van der Waals surface area contributed by atoms with E-state index in [0.717, 1.165) is 32.8 Å². The number of hydrogen-bond donors (Lipinski definition) is 1. The molecular weight excluding hydrogens is 299 g/mol. The van der Waals surface area contributed by atoms with Crippen LogP contribution in [0.5, 0.6) is 0 Å². The molecule has 1 aromatic carbocycles. The number of nitrogens with one attached hydrogen (secondary N) is 1. The molecule has 0 radical (unpaired) electrons. The summed E-state index contributed by atoms with van der Waals surface area (Å²) in [6.45, 7) is 4.66. The van der Waals surface area contributed by atoms with Gasteiger partial charge in [0.2, 0.25) is 0 Å². The third-order valence-corrected chi connectivity index (χ3v) is 3.73. The minimum atomic E-state index is -0.304. The number of hydrogen-bond acceptors (Lipinski definition) is 4. The fraction of sp³-hybridized carbons (Fsp3) is 0.375. The van der Waals surface area contributed by atoms with Crippen LogP contribution in [0.1, 0.15) is 10.5 Å². The lowest BCUT2D eigenvalue weighted by atomic mass is 10.3. The molecule has 0 unspecified atom stereocenters. The van der Waals surface area contributed by atoms with E-state index in [1.165, 1.54) is 12.1 Å². The van der Waals surface area contributed by atoms with Gasteiger partial charge in [-0.15, -0.1) is 0 Å². The number of ether oxygens (including phenoxy) is 1. The number of aromatic nitrogens is 2. The number of halogens is 1. The van der Waals surface area contributed by atoms with Crippen molar-refractivity contribution in [3.05, 3.63) is 48.0 Å². The van der Waals surface area contributed by atoms with Crippen LogP contribution in [0, 0.1) is 5.82 Å². The van der Waals surface area contributed by atoms with Gasteiger partial charge in [0.25, 0.3) is 5.91 Å². The average Bonchev–Trinajstić information content (AvgIpc) is 3.06. The molecule has 1 amide bonds. The number of morpholine rings is 1. The van der Waals surface area contributed by atoms with Gasteiger partial charge in [-0.25, -0.2) is 9.07 Å². The predicted octanol–water partition coefficient (Wildman–Crippen LogP) is 1.07. The zero-order valence-electron chi connectivity index (χ0n) is 12.7. The van der Waals surface area contributed by atoms with Crippen molar-refractivity contribution < 1.29 is 13.9 Å². The van der Waals surface area contributed by atoms with Crippen LogP contribution in [0.2, 0.25) is 0 Å². The highest BCUT2D eigenvalue weighted by molar-refractivity contribution is 5.92. The molecule has 1 aromatic heterocycles. The molecule has 0 saturated carbocycles. The van der Waals surface area contributed by atoms with Crippen molar-refractivity contribution in [2.24, 2.45) is 0 Å². The second kappa shape index (κ2) is 7.34. The van der Waals surface area contributed by atoms with E-state index in [1.807, 2.05) is 0 Å². The van der Waals surface area contributed by atoms with Crippen LogP contribution in [0.3, 0.4) is 0 Å². The van der Waals surface area contributed by atoms with Gasteiger partial charge in [0, 0.05) is 32.4 Å². The summed E-state index contributed by atoms with van der Waals surface area (Å²) < 4.78 is 19.8. The Kier molecular flexibility index (Phi) is 4.99. The monoisotopic (exact) mass is 318 g/mol. The smallest absolute Gasteiger partial charge is 0.271 e. The summed E-state index contributed by atoms with van der Waals surface area (Å²) in [5.74, 6) is -0.513. The fourth-order valence-electron chi connectivity index (χ4n) is 2.43. The number of rotatable bonds is 5. The molecule has 1 N–H and O–H groups in total. The van der Waals surface area contributed by atoms with Crippen molar-refractivity contribution in [1.29, 1.82) is 0 Å². The summed E-state index contributed by atoms with van der Waals surface area (Å²) in [6.07, 6.45) is 1.68. The van der Waals surface area contributed by atoms with Gasteiger partial charge >= 0.3 is 0 Å². The molecule has 6 nitrogen and oxygen atoms in total. The molecule has 1 aliphatic rings. The van der Waals surface area contributed by atoms with Gasteiger partial charge in [0.15, 0.2) is 5.69 Å². The Morgan fingerprint density at radius 2 is 1.96 bits per heavy atom. The number of benzene rings is 1. The normalized spacial score (nSPS) is 15.5. The Labute approximate surface area is 133 Å². The van der Waals surface area contributed by atoms with Crippen LogP contribution in [-0.4, -0.2) is 60.0 Å². The summed E-state index contributed by atoms with van der Waals surface area (Å²) in [5, 5.41) is 7.09. The summed E-state index contributed by atoms with van der Waals surface area (Å²) in [6, 6.07) is 7.59. The van der Waals surface area contributed by atoms with Crippen molar-refractivity contribution in [3.8, 4) is 5.69 Å². The fourth-order valence-corrected chi connectivity index (χ4v) is 2.43. The van der Waals surface area contributed by atoms with Crippen LogP contribution in [0.15, 0.2) is 36.5 Å². The Morgan fingerprint density at radius 3 is 2.70 bits per heavy atom. The van der Waals surface area contributed by atoms with E-state index in [1.54, 1.807) is 29.1 Å². The highest BCUT2D eigenvalue weighted by Crippen LogP contribution is 2.09. The first kappa shape index (κ1) is 15.6. The van der Waals surface area contributed by atoms with Crippen molar-refractivity contribution in [2.75, 3.05) is 39.4 Å². The van der Waals surface area contributed by atoms with Crippen LogP contribution in [-0.2, 0) is 4.74 Å². The number of amides is 1. The van der Waals surface area contributed by atoms with Crippen LogP contribution in [0.25, 0.3) is 5.69 Å². The third-order valence-electron chi connectivity index (χ3n) is 3.73. The molecule has 0 aliphatic carbocycles. The van der Waals surface area contributed by atoms with Crippen molar-refractivity contribution in [3.63, 3.8) is 0 Å². The van der Waals surface area contributed by atoms with E-state index in [0.29, 0.717) is 17.9 Å². The highest BCUT2D eigenvalue weighted by Gasteiger charge is 2.12. The topological polar surface area (TPSA) is 59.4 Å². The molecule has 1 saturated heterocycles. The molecular formula is C16H19FN4O2. The van der Waals surface area contributed by atoms with Gasteiger partial charge in [-0.1, -0.05) is 0 Å². The number of nitrogens with zero attached hydrogens (tertiary/aromatic N) is 3. The first-order valence-electron chi connectivity index (χ1n) is 7.62. The van der Waals surface area contributed by atoms with E-state index in [9.17, 15) is 9.18 Å². The SMILES string of the molecule is O=C(NCCN1CCOCC1)c1ccn(-c2ccc(F)cc2)n1. The summed E-state index contributed by atoms with van der Waals surface area (Å²) in [4.78, 5) is 14.3. The molecule has 0 spiro atoms. The zero-order valence-corrected chi connectivity index (χ0v) is 12.7. The van der Waals surface area contributed by atoms with Crippen LogP contribution >= 0.6 is 0 Å². The molecule has 122 valence electrons. The predicted molar refractivity (Wildman–Crippen MR) is 83.1 cm³/mol. The first-order valence-corrected chi connectivity index (χ1v) is 7.62. The Balaban J connectivity index is 1.52. The van der Waals surface area contributed by atoms with Crippen molar-refractivity contribution in [1.82, 2.24) is 20.0 Å². The van der Waals surface area contributed by atoms with E-state index >= 15 is 0 Å². The van der Waals surface area contributed by atoms with Crippen LogP contribution < -0.4 is 5.32 Å².